The zero-order valence-corrected chi connectivity index (χ0v) is 20.6. The van der Waals surface area contributed by atoms with Crippen LogP contribution in [0.3, 0.4) is 0 Å². The molecule has 12 nitrogen and oxygen atoms in total. The Morgan fingerprint density at radius 1 is 1.26 bits per heavy atom. The van der Waals surface area contributed by atoms with E-state index in [0.717, 1.165) is 22.1 Å². The van der Waals surface area contributed by atoms with Gasteiger partial charge in [0, 0.05) is 24.4 Å². The fourth-order valence-electron chi connectivity index (χ4n) is 3.36. The SMILES string of the molecule is COCCOc1c(-c2c(C#N)cccc2OC)cc(C(=O)Nc2nnc(-n3nccc3C(F)F)s2)oc1=O. The normalized spacial score (nSPS) is 10.8. The Balaban J connectivity index is 1.72. The van der Waals surface area contributed by atoms with Crippen molar-refractivity contribution in [2.45, 2.75) is 6.43 Å². The molecule has 0 aliphatic rings. The van der Waals surface area contributed by atoms with E-state index in [0.29, 0.717) is 0 Å². The first-order valence-corrected chi connectivity index (χ1v) is 11.5. The van der Waals surface area contributed by atoms with Gasteiger partial charge in [0.15, 0.2) is 5.76 Å². The summed E-state index contributed by atoms with van der Waals surface area (Å²) in [7, 11) is 2.84. The summed E-state index contributed by atoms with van der Waals surface area (Å²) in [6.07, 6.45) is -1.62. The smallest absolute Gasteiger partial charge is 0.379 e. The van der Waals surface area contributed by atoms with Crippen molar-refractivity contribution in [2.75, 3.05) is 32.8 Å². The molecule has 38 heavy (non-hydrogen) atoms. The molecular formula is C23H18F2N6O6S. The molecular weight excluding hydrogens is 526 g/mol. The average Bonchev–Trinajstić information content (AvgIpc) is 3.58. The van der Waals surface area contributed by atoms with E-state index in [-0.39, 0.29) is 51.7 Å². The summed E-state index contributed by atoms with van der Waals surface area (Å²) in [4.78, 5) is 25.9. The minimum atomic E-state index is -2.80. The number of hydrogen-bond donors (Lipinski definition) is 1. The summed E-state index contributed by atoms with van der Waals surface area (Å²) in [6.45, 7) is 0.138. The van der Waals surface area contributed by atoms with Gasteiger partial charge in [-0.15, -0.1) is 10.2 Å². The first kappa shape index (κ1) is 26.4. The van der Waals surface area contributed by atoms with Crippen LogP contribution in [0.15, 0.2) is 45.7 Å². The van der Waals surface area contributed by atoms with Crippen molar-refractivity contribution in [3.05, 3.63) is 64.0 Å². The summed E-state index contributed by atoms with van der Waals surface area (Å²) in [5, 5.41) is 23.3. The maximum Gasteiger partial charge on any atom is 0.379 e. The summed E-state index contributed by atoms with van der Waals surface area (Å²) >= 11 is 0.770. The van der Waals surface area contributed by atoms with Crippen LogP contribution in [-0.4, -0.2) is 53.3 Å². The molecule has 3 heterocycles. The van der Waals surface area contributed by atoms with E-state index < -0.39 is 29.4 Å². The molecule has 1 amide bonds. The molecule has 4 aromatic rings. The number of rotatable bonds is 10. The Kier molecular flexibility index (Phi) is 8.04. The van der Waals surface area contributed by atoms with E-state index in [4.69, 9.17) is 18.6 Å². The number of carbonyl (C=O) groups is 1. The highest BCUT2D eigenvalue weighted by atomic mass is 32.1. The van der Waals surface area contributed by atoms with Crippen LogP contribution in [0.25, 0.3) is 16.3 Å². The van der Waals surface area contributed by atoms with Gasteiger partial charge >= 0.3 is 5.63 Å². The molecule has 0 aliphatic heterocycles. The van der Waals surface area contributed by atoms with Crippen molar-refractivity contribution >= 4 is 22.4 Å². The largest absolute Gasteiger partial charge is 0.496 e. The van der Waals surface area contributed by atoms with Gasteiger partial charge in [-0.05, 0) is 24.3 Å². The Hall–Kier alpha value is -4.68. The number of methoxy groups -OCH3 is 2. The molecule has 3 aromatic heterocycles. The molecule has 0 spiro atoms. The van der Waals surface area contributed by atoms with E-state index in [9.17, 15) is 23.6 Å². The van der Waals surface area contributed by atoms with Gasteiger partial charge in [-0.2, -0.15) is 10.4 Å². The number of benzene rings is 1. The molecule has 0 unspecified atom stereocenters. The van der Waals surface area contributed by atoms with Gasteiger partial charge in [0.1, 0.15) is 18.1 Å². The molecule has 1 aromatic carbocycles. The number of alkyl halides is 2. The van der Waals surface area contributed by atoms with Crippen LogP contribution in [0, 0.1) is 11.3 Å². The second-order valence-corrected chi connectivity index (χ2v) is 8.25. The summed E-state index contributed by atoms with van der Waals surface area (Å²) in [5.41, 5.74) is -0.949. The van der Waals surface area contributed by atoms with Gasteiger partial charge in [-0.1, -0.05) is 17.4 Å². The standard InChI is InChI=1S/C23H18F2N6O6S/c1-34-8-9-36-18-13(17-12(11-26)4-3-5-15(17)35-2)10-16(37-21(18)33)20(32)28-22-29-30-23(38-22)31-14(19(24)25)6-7-27-31/h3-7,10,19H,8-9H2,1-2H3,(H,28,29,32). The zero-order valence-electron chi connectivity index (χ0n) is 19.8. The van der Waals surface area contributed by atoms with Crippen molar-refractivity contribution in [1.82, 2.24) is 20.0 Å². The number of ether oxygens (including phenoxy) is 3. The number of nitriles is 1. The van der Waals surface area contributed by atoms with Crippen LogP contribution >= 0.6 is 11.3 Å². The lowest BCUT2D eigenvalue weighted by molar-refractivity contribution is 0.0990. The minimum Gasteiger partial charge on any atom is -0.496 e. The summed E-state index contributed by atoms with van der Waals surface area (Å²) < 4.78 is 48.4. The Morgan fingerprint density at radius 3 is 2.79 bits per heavy atom. The molecule has 0 bridgehead atoms. The topological polar surface area (TPSA) is 154 Å². The van der Waals surface area contributed by atoms with E-state index >= 15 is 0 Å². The molecule has 1 N–H and O–H groups in total. The number of aromatic nitrogens is 4. The van der Waals surface area contributed by atoms with Crippen LogP contribution in [-0.2, 0) is 4.74 Å². The van der Waals surface area contributed by atoms with Crippen LogP contribution in [0.1, 0.15) is 28.2 Å². The Bertz CT molecular complexity index is 1560. The molecule has 15 heteroatoms. The first-order chi connectivity index (χ1) is 18.4. The number of nitrogens with one attached hydrogen (secondary N) is 1. The van der Waals surface area contributed by atoms with E-state index in [1.807, 2.05) is 6.07 Å². The van der Waals surface area contributed by atoms with Gasteiger partial charge < -0.3 is 18.6 Å². The monoisotopic (exact) mass is 544 g/mol. The highest BCUT2D eigenvalue weighted by molar-refractivity contribution is 7.17. The minimum absolute atomic E-state index is 0.0154. The third-order valence-electron chi connectivity index (χ3n) is 5.01. The lowest BCUT2D eigenvalue weighted by Gasteiger charge is -2.15. The fraction of sp³-hybridized carbons (Fsp3) is 0.217. The third kappa shape index (κ3) is 5.36. The number of amides is 1. The number of halogens is 2. The molecule has 0 saturated carbocycles. The van der Waals surface area contributed by atoms with Crippen LogP contribution in [0.4, 0.5) is 13.9 Å². The zero-order chi connectivity index (χ0) is 27.2. The molecule has 0 fully saturated rings. The lowest BCUT2D eigenvalue weighted by Crippen LogP contribution is -2.18. The predicted octanol–water partition coefficient (Wildman–Crippen LogP) is 3.44. The second kappa shape index (κ2) is 11.6. The van der Waals surface area contributed by atoms with E-state index in [2.05, 4.69) is 20.6 Å². The van der Waals surface area contributed by atoms with Crippen LogP contribution in [0.2, 0.25) is 0 Å². The van der Waals surface area contributed by atoms with Crippen molar-refractivity contribution < 1.29 is 32.2 Å². The molecule has 0 saturated heterocycles. The maximum atomic E-state index is 13.2. The van der Waals surface area contributed by atoms with Gasteiger partial charge in [-0.25, -0.2) is 18.3 Å². The Labute approximate surface area is 217 Å². The van der Waals surface area contributed by atoms with Gasteiger partial charge in [0.05, 0.1) is 25.3 Å². The van der Waals surface area contributed by atoms with Crippen molar-refractivity contribution in [3.63, 3.8) is 0 Å². The van der Waals surface area contributed by atoms with Gasteiger partial charge in [0.2, 0.25) is 16.0 Å². The number of hydrogen-bond acceptors (Lipinski definition) is 11. The Morgan fingerprint density at radius 2 is 2.08 bits per heavy atom. The van der Waals surface area contributed by atoms with E-state index in [1.54, 1.807) is 12.1 Å². The van der Waals surface area contributed by atoms with E-state index in [1.165, 1.54) is 32.5 Å². The maximum absolute atomic E-state index is 13.2. The highest BCUT2D eigenvalue weighted by Gasteiger charge is 2.25. The number of anilines is 1. The van der Waals surface area contributed by atoms with Crippen molar-refractivity contribution in [3.8, 4) is 33.8 Å². The molecule has 0 aliphatic carbocycles. The number of carbonyl (C=O) groups excluding carboxylic acids is 1. The molecule has 196 valence electrons. The molecule has 0 atom stereocenters. The van der Waals surface area contributed by atoms with Crippen molar-refractivity contribution in [2.24, 2.45) is 0 Å². The highest BCUT2D eigenvalue weighted by Crippen LogP contribution is 2.38. The molecule has 0 radical (unpaired) electrons. The first-order valence-electron chi connectivity index (χ1n) is 10.7. The molecule has 4 rings (SSSR count). The quantitative estimate of drug-likeness (QED) is 0.294. The van der Waals surface area contributed by atoms with Gasteiger partial charge in [0.25, 0.3) is 12.3 Å². The van der Waals surface area contributed by atoms with Gasteiger partial charge in [-0.3, -0.25) is 10.1 Å². The van der Waals surface area contributed by atoms with Crippen molar-refractivity contribution in [1.29, 1.82) is 5.26 Å². The predicted molar refractivity (Wildman–Crippen MR) is 129 cm³/mol. The fourth-order valence-corrected chi connectivity index (χ4v) is 4.08. The average molecular weight is 544 g/mol. The van der Waals surface area contributed by atoms with Crippen LogP contribution < -0.4 is 20.4 Å². The second-order valence-electron chi connectivity index (χ2n) is 7.29. The summed E-state index contributed by atoms with van der Waals surface area (Å²) in [5.74, 6) is -1.34. The number of nitrogens with zero attached hydrogens (tertiary/aromatic N) is 5. The third-order valence-corrected chi connectivity index (χ3v) is 5.83. The van der Waals surface area contributed by atoms with Crippen LogP contribution in [0.5, 0.6) is 11.5 Å². The summed E-state index contributed by atoms with van der Waals surface area (Å²) in [6, 6.07) is 9.07. The lowest BCUT2D eigenvalue weighted by atomic mass is 9.98.